The minimum absolute atomic E-state index is 0.00598. The summed E-state index contributed by atoms with van der Waals surface area (Å²) < 4.78 is 37.9. The monoisotopic (exact) mass is 368 g/mol. The molecule has 0 aliphatic rings. The second kappa shape index (κ2) is 8.32. The summed E-state index contributed by atoms with van der Waals surface area (Å²) >= 11 is -2.35. The van der Waals surface area contributed by atoms with Gasteiger partial charge in [0.25, 0.3) is 16.8 Å². The molecule has 9 heteroatoms. The quantitative estimate of drug-likeness (QED) is 0.572. The van der Waals surface area contributed by atoms with Crippen molar-refractivity contribution in [1.82, 2.24) is 14.9 Å². The second-order valence-electron chi connectivity index (χ2n) is 5.54. The smallest absolute Gasteiger partial charge is 0.261 e. The standard InChI is InChI=1S/C16H21FN4O3S/c1-11-9-16(22)21(12(2)19-11)13-5-6-15(14(17)10-13)20(25(23)24)8-4-7-18-3/h5-6,9-10,18H,4,7-8H2,1-3H3,(H,23,24). The number of nitrogens with one attached hydrogen (secondary N) is 1. The molecule has 7 nitrogen and oxygen atoms in total. The van der Waals surface area contributed by atoms with Crippen LogP contribution in [0.4, 0.5) is 10.1 Å². The lowest BCUT2D eigenvalue weighted by Gasteiger charge is -2.21. The number of rotatable bonds is 7. The Hall–Kier alpha value is -2.10. The molecular formula is C16H21FN4O3S. The molecule has 0 fully saturated rings. The van der Waals surface area contributed by atoms with Crippen molar-refractivity contribution in [3.63, 3.8) is 0 Å². The summed E-state index contributed by atoms with van der Waals surface area (Å²) in [5.41, 5.74) is 0.595. The third kappa shape index (κ3) is 4.50. The number of hydrogen-bond donors (Lipinski definition) is 2. The number of aryl methyl sites for hydroxylation is 2. The third-order valence-electron chi connectivity index (χ3n) is 3.65. The number of anilines is 1. The second-order valence-corrected chi connectivity index (χ2v) is 6.45. The molecule has 1 heterocycles. The van der Waals surface area contributed by atoms with Gasteiger partial charge in [-0.15, -0.1) is 0 Å². The molecule has 1 aromatic heterocycles. The molecule has 1 atom stereocenters. The topological polar surface area (TPSA) is 87.5 Å². The van der Waals surface area contributed by atoms with E-state index in [-0.39, 0.29) is 17.8 Å². The fourth-order valence-electron chi connectivity index (χ4n) is 2.57. The SMILES string of the molecule is CNCCCN(c1ccc(-n2c(C)nc(C)cc2=O)cc1F)S(=O)O. The van der Waals surface area contributed by atoms with E-state index in [9.17, 15) is 17.9 Å². The summed E-state index contributed by atoms with van der Waals surface area (Å²) in [5.74, 6) is -0.245. The molecule has 0 aliphatic carbocycles. The van der Waals surface area contributed by atoms with Crippen molar-refractivity contribution < 1.29 is 13.2 Å². The van der Waals surface area contributed by atoms with Gasteiger partial charge in [-0.2, -0.15) is 0 Å². The molecule has 0 radical (unpaired) electrons. The van der Waals surface area contributed by atoms with Crippen LogP contribution in [0.3, 0.4) is 0 Å². The van der Waals surface area contributed by atoms with Crippen molar-refractivity contribution in [2.75, 3.05) is 24.4 Å². The lowest BCUT2D eigenvalue weighted by atomic mass is 10.2. The molecule has 136 valence electrons. The van der Waals surface area contributed by atoms with Crippen molar-refractivity contribution in [1.29, 1.82) is 0 Å². The predicted molar refractivity (Wildman–Crippen MR) is 95.9 cm³/mol. The van der Waals surface area contributed by atoms with E-state index in [2.05, 4.69) is 10.3 Å². The molecule has 1 aromatic carbocycles. The average Bonchev–Trinajstić information content (AvgIpc) is 2.51. The van der Waals surface area contributed by atoms with Crippen molar-refractivity contribution in [3.8, 4) is 5.69 Å². The first-order chi connectivity index (χ1) is 11.8. The molecular weight excluding hydrogens is 347 g/mol. The highest BCUT2D eigenvalue weighted by Crippen LogP contribution is 2.23. The van der Waals surface area contributed by atoms with E-state index in [0.29, 0.717) is 30.2 Å². The number of hydrogen-bond acceptors (Lipinski definition) is 4. The lowest BCUT2D eigenvalue weighted by Crippen LogP contribution is -2.29. The third-order valence-corrected chi connectivity index (χ3v) is 4.41. The van der Waals surface area contributed by atoms with Crippen LogP contribution in [0.15, 0.2) is 29.1 Å². The van der Waals surface area contributed by atoms with Gasteiger partial charge in [-0.05, 0) is 46.0 Å². The lowest BCUT2D eigenvalue weighted by molar-refractivity contribution is 0.552. The van der Waals surface area contributed by atoms with Gasteiger partial charge in [0.1, 0.15) is 11.6 Å². The number of nitrogens with zero attached hydrogens (tertiary/aromatic N) is 3. The molecule has 25 heavy (non-hydrogen) atoms. The maximum atomic E-state index is 14.6. The highest BCUT2D eigenvalue weighted by Gasteiger charge is 2.17. The summed E-state index contributed by atoms with van der Waals surface area (Å²) in [6.07, 6.45) is 0.574. The predicted octanol–water partition coefficient (Wildman–Crippen LogP) is 1.54. The van der Waals surface area contributed by atoms with Crippen LogP contribution in [0.5, 0.6) is 0 Å². The molecule has 2 aromatic rings. The zero-order valence-electron chi connectivity index (χ0n) is 14.3. The summed E-state index contributed by atoms with van der Waals surface area (Å²) in [5, 5.41) is 2.93. The fourth-order valence-corrected chi connectivity index (χ4v) is 3.18. The molecule has 0 spiro atoms. The van der Waals surface area contributed by atoms with E-state index in [1.807, 2.05) is 0 Å². The Balaban J connectivity index is 2.40. The van der Waals surface area contributed by atoms with E-state index < -0.39 is 17.1 Å². The van der Waals surface area contributed by atoms with Crippen molar-refractivity contribution in [2.45, 2.75) is 20.3 Å². The van der Waals surface area contributed by atoms with Crippen LogP contribution in [0.2, 0.25) is 0 Å². The highest BCUT2D eigenvalue weighted by molar-refractivity contribution is 7.80. The Morgan fingerprint density at radius 3 is 2.64 bits per heavy atom. The average molecular weight is 368 g/mol. The number of halogens is 1. The summed E-state index contributed by atoms with van der Waals surface area (Å²) in [4.78, 5) is 16.4. The molecule has 0 aliphatic heterocycles. The fraction of sp³-hybridized carbons (Fsp3) is 0.375. The minimum atomic E-state index is -2.35. The van der Waals surface area contributed by atoms with Crippen LogP contribution < -0.4 is 15.2 Å². The summed E-state index contributed by atoms with van der Waals surface area (Å²) in [7, 11) is 1.77. The first kappa shape index (κ1) is 19.2. The molecule has 1 unspecified atom stereocenters. The first-order valence-electron chi connectivity index (χ1n) is 7.75. The Labute approximate surface area is 147 Å². The van der Waals surface area contributed by atoms with Crippen LogP contribution in [0, 0.1) is 19.7 Å². The van der Waals surface area contributed by atoms with Crippen LogP contribution in [0.25, 0.3) is 5.69 Å². The van der Waals surface area contributed by atoms with E-state index in [1.54, 1.807) is 20.9 Å². The van der Waals surface area contributed by atoms with Gasteiger partial charge in [-0.25, -0.2) is 13.6 Å². The summed E-state index contributed by atoms with van der Waals surface area (Å²) in [6, 6.07) is 5.45. The van der Waals surface area contributed by atoms with Gasteiger partial charge in [-0.1, -0.05) is 0 Å². The molecule has 0 bridgehead atoms. The Morgan fingerprint density at radius 2 is 2.08 bits per heavy atom. The largest absolute Gasteiger partial charge is 0.320 e. The van der Waals surface area contributed by atoms with Crippen molar-refractivity contribution in [2.24, 2.45) is 0 Å². The Kier molecular flexibility index (Phi) is 6.40. The van der Waals surface area contributed by atoms with Crippen LogP contribution in [-0.2, 0) is 11.3 Å². The molecule has 0 saturated carbocycles. The zero-order chi connectivity index (χ0) is 18.6. The number of benzene rings is 1. The first-order valence-corrected chi connectivity index (χ1v) is 8.82. The van der Waals surface area contributed by atoms with E-state index in [1.165, 1.54) is 28.8 Å². The van der Waals surface area contributed by atoms with E-state index in [4.69, 9.17) is 0 Å². The highest BCUT2D eigenvalue weighted by atomic mass is 32.2. The molecule has 0 saturated heterocycles. The van der Waals surface area contributed by atoms with Gasteiger partial charge in [0, 0.05) is 24.4 Å². The normalized spacial score (nSPS) is 12.2. The van der Waals surface area contributed by atoms with Crippen LogP contribution in [0.1, 0.15) is 17.9 Å². The van der Waals surface area contributed by atoms with Gasteiger partial charge in [0.2, 0.25) is 0 Å². The Bertz CT molecular complexity index is 841. The van der Waals surface area contributed by atoms with Gasteiger partial charge < -0.3 is 5.32 Å². The van der Waals surface area contributed by atoms with Gasteiger partial charge in [0.15, 0.2) is 0 Å². The minimum Gasteiger partial charge on any atom is -0.320 e. The Morgan fingerprint density at radius 1 is 1.36 bits per heavy atom. The van der Waals surface area contributed by atoms with Gasteiger partial charge >= 0.3 is 0 Å². The van der Waals surface area contributed by atoms with Crippen LogP contribution >= 0.6 is 0 Å². The van der Waals surface area contributed by atoms with Gasteiger partial charge in [-0.3, -0.25) is 18.2 Å². The molecule has 2 rings (SSSR count). The van der Waals surface area contributed by atoms with E-state index >= 15 is 0 Å². The maximum absolute atomic E-state index is 14.6. The van der Waals surface area contributed by atoms with Crippen molar-refractivity contribution in [3.05, 3.63) is 52.0 Å². The zero-order valence-corrected chi connectivity index (χ0v) is 15.1. The van der Waals surface area contributed by atoms with Crippen LogP contribution in [-0.4, -0.2) is 38.4 Å². The van der Waals surface area contributed by atoms with E-state index in [0.717, 1.165) is 4.31 Å². The van der Waals surface area contributed by atoms with Crippen molar-refractivity contribution >= 4 is 17.0 Å². The summed E-state index contributed by atoms with van der Waals surface area (Å²) in [6.45, 7) is 4.22. The maximum Gasteiger partial charge on any atom is 0.261 e. The molecule has 0 amide bonds. The van der Waals surface area contributed by atoms with Gasteiger partial charge in [0.05, 0.1) is 11.4 Å². The number of aromatic nitrogens is 2. The molecule has 2 N–H and O–H groups in total.